The van der Waals surface area contributed by atoms with E-state index in [-0.39, 0.29) is 6.29 Å². The summed E-state index contributed by atoms with van der Waals surface area (Å²) < 4.78 is 27.8. The highest BCUT2D eigenvalue weighted by atomic mass is 35.5. The third-order valence-electron chi connectivity index (χ3n) is 1.65. The number of hydrogen-bond acceptors (Lipinski definition) is 4. The Labute approximate surface area is 92.7 Å². The third kappa shape index (κ3) is 2.43. The van der Waals surface area contributed by atoms with Crippen LogP contribution >= 0.6 is 11.6 Å². The minimum absolute atomic E-state index is 0.118. The van der Waals surface area contributed by atoms with E-state index in [4.69, 9.17) is 11.6 Å². The Morgan fingerprint density at radius 2 is 2.12 bits per heavy atom. The molecule has 0 fully saturated rings. The second-order valence-electron chi connectivity index (χ2n) is 2.56. The Hall–Kier alpha value is -1.76. The van der Waals surface area contributed by atoms with Gasteiger partial charge in [-0.1, -0.05) is 11.6 Å². The molecule has 1 rings (SSSR count). The van der Waals surface area contributed by atoms with Crippen molar-refractivity contribution in [3.8, 4) is 5.75 Å². The van der Waals surface area contributed by atoms with Crippen LogP contribution < -0.4 is 4.74 Å². The fraction of sp³-hybridized carbons (Fsp3) is 0.125. The summed E-state index contributed by atoms with van der Waals surface area (Å²) in [5, 5.41) is 9.91. The second kappa shape index (κ2) is 4.84. The molecule has 0 aliphatic rings. The zero-order valence-electron chi connectivity index (χ0n) is 7.52. The van der Waals surface area contributed by atoms with Crippen LogP contribution in [-0.4, -0.2) is 17.8 Å². The molecule has 1 aromatic carbocycles. The molecule has 0 aliphatic heterocycles. The van der Waals surface area contributed by atoms with Crippen LogP contribution in [0.4, 0.5) is 14.5 Å². The quantitative estimate of drug-likeness (QED) is 0.469. The average molecular weight is 252 g/mol. The van der Waals surface area contributed by atoms with Crippen LogP contribution in [0.2, 0.25) is 5.02 Å². The maximum absolute atomic E-state index is 11.9. The molecule has 0 amide bonds. The van der Waals surface area contributed by atoms with Gasteiger partial charge in [0.05, 0.1) is 10.5 Å². The first-order valence-electron chi connectivity index (χ1n) is 3.84. The first-order valence-corrected chi connectivity index (χ1v) is 4.22. The summed E-state index contributed by atoms with van der Waals surface area (Å²) in [5.74, 6) is -0.499. The molecule has 0 heterocycles. The average Bonchev–Trinajstić information content (AvgIpc) is 2.16. The van der Waals surface area contributed by atoms with Gasteiger partial charge in [0.15, 0.2) is 6.29 Å². The van der Waals surface area contributed by atoms with Gasteiger partial charge >= 0.3 is 6.61 Å². The van der Waals surface area contributed by atoms with E-state index in [0.29, 0.717) is 0 Å². The summed E-state index contributed by atoms with van der Waals surface area (Å²) in [5.41, 5.74) is -1.03. The molecule has 0 aliphatic carbocycles. The van der Waals surface area contributed by atoms with Gasteiger partial charge in [-0.05, 0) is 6.07 Å². The summed E-state index contributed by atoms with van der Waals surface area (Å²) in [6.07, 6.45) is 0.118. The molecule has 0 saturated heterocycles. The van der Waals surface area contributed by atoms with Crippen molar-refractivity contribution >= 4 is 23.6 Å². The van der Waals surface area contributed by atoms with E-state index in [1.54, 1.807) is 0 Å². The molecule has 0 saturated carbocycles. The Morgan fingerprint density at radius 1 is 1.50 bits per heavy atom. The smallest absolute Gasteiger partial charge is 0.387 e. The van der Waals surface area contributed by atoms with E-state index in [0.717, 1.165) is 12.1 Å². The van der Waals surface area contributed by atoms with E-state index < -0.39 is 33.6 Å². The number of nitrogens with zero attached hydrogens (tertiary/aromatic N) is 1. The van der Waals surface area contributed by atoms with E-state index in [1.165, 1.54) is 0 Å². The minimum atomic E-state index is -3.14. The Kier molecular flexibility index (Phi) is 3.73. The van der Waals surface area contributed by atoms with Crippen LogP contribution in [0.15, 0.2) is 12.1 Å². The highest BCUT2D eigenvalue weighted by Gasteiger charge is 2.21. The second-order valence-corrected chi connectivity index (χ2v) is 2.94. The van der Waals surface area contributed by atoms with E-state index >= 15 is 0 Å². The van der Waals surface area contributed by atoms with Gasteiger partial charge in [0.1, 0.15) is 10.8 Å². The SMILES string of the molecule is O=Cc1c(OC(F)F)ccc([N+](=O)[O-])c1Cl. The van der Waals surface area contributed by atoms with Crippen LogP contribution in [-0.2, 0) is 0 Å². The Morgan fingerprint density at radius 3 is 2.56 bits per heavy atom. The zero-order chi connectivity index (χ0) is 12.3. The maximum Gasteiger partial charge on any atom is 0.387 e. The molecular weight excluding hydrogens is 248 g/mol. The number of benzene rings is 1. The van der Waals surface area contributed by atoms with Crippen molar-refractivity contribution < 1.29 is 23.2 Å². The number of rotatable bonds is 4. The molecule has 8 heteroatoms. The number of aldehydes is 1. The number of carbonyl (C=O) groups excluding carboxylic acids is 1. The number of nitro groups is 1. The lowest BCUT2D eigenvalue weighted by Crippen LogP contribution is -2.05. The molecule has 0 N–H and O–H groups in total. The standard InChI is InChI=1S/C8H4ClF2NO4/c9-7-4(3-13)6(16-8(10)11)2-1-5(7)12(14)15/h1-3,8H. The van der Waals surface area contributed by atoms with Crippen molar-refractivity contribution in [1.82, 2.24) is 0 Å². The lowest BCUT2D eigenvalue weighted by molar-refractivity contribution is -0.384. The lowest BCUT2D eigenvalue weighted by Gasteiger charge is -2.07. The van der Waals surface area contributed by atoms with Gasteiger partial charge in [-0.25, -0.2) is 0 Å². The van der Waals surface area contributed by atoms with Gasteiger partial charge in [-0.3, -0.25) is 14.9 Å². The first-order chi connectivity index (χ1) is 7.47. The molecule has 16 heavy (non-hydrogen) atoms. The summed E-state index contributed by atoms with van der Waals surface area (Å²) in [7, 11) is 0. The van der Waals surface area contributed by atoms with Crippen molar-refractivity contribution in [1.29, 1.82) is 0 Å². The number of alkyl halides is 2. The molecular formula is C8H4ClF2NO4. The van der Waals surface area contributed by atoms with Crippen molar-refractivity contribution in [2.45, 2.75) is 6.61 Å². The highest BCUT2D eigenvalue weighted by Crippen LogP contribution is 2.33. The van der Waals surface area contributed by atoms with Crippen molar-refractivity contribution in [3.05, 3.63) is 32.8 Å². The molecule has 0 bridgehead atoms. The van der Waals surface area contributed by atoms with E-state index in [9.17, 15) is 23.7 Å². The van der Waals surface area contributed by atoms with Crippen LogP contribution in [0.1, 0.15) is 10.4 Å². The Balaban J connectivity index is 3.29. The summed E-state index contributed by atoms with van der Waals surface area (Å²) >= 11 is 5.49. The van der Waals surface area contributed by atoms with E-state index in [1.807, 2.05) is 0 Å². The number of hydrogen-bond donors (Lipinski definition) is 0. The van der Waals surface area contributed by atoms with Gasteiger partial charge in [0, 0.05) is 6.07 Å². The zero-order valence-corrected chi connectivity index (χ0v) is 8.28. The fourth-order valence-corrected chi connectivity index (χ4v) is 1.28. The van der Waals surface area contributed by atoms with Gasteiger partial charge in [-0.15, -0.1) is 0 Å². The molecule has 5 nitrogen and oxygen atoms in total. The number of ether oxygens (including phenoxy) is 1. The topological polar surface area (TPSA) is 69.4 Å². The monoisotopic (exact) mass is 251 g/mol. The van der Waals surface area contributed by atoms with Crippen LogP contribution in [0.25, 0.3) is 0 Å². The van der Waals surface area contributed by atoms with Crippen LogP contribution in [0.5, 0.6) is 5.75 Å². The molecule has 86 valence electrons. The molecule has 0 atom stereocenters. The van der Waals surface area contributed by atoms with Gasteiger partial charge < -0.3 is 4.74 Å². The van der Waals surface area contributed by atoms with Crippen molar-refractivity contribution in [2.75, 3.05) is 0 Å². The summed E-state index contributed by atoms with van der Waals surface area (Å²) in [6, 6.07) is 1.77. The Bertz CT molecular complexity index is 438. The predicted octanol–water partition coefficient (Wildman–Crippen LogP) is 2.66. The third-order valence-corrected chi connectivity index (χ3v) is 2.05. The molecule has 1 aromatic rings. The van der Waals surface area contributed by atoms with Crippen LogP contribution in [0.3, 0.4) is 0 Å². The predicted molar refractivity (Wildman–Crippen MR) is 50.1 cm³/mol. The molecule has 0 unspecified atom stereocenters. The molecule has 0 aromatic heterocycles. The van der Waals surface area contributed by atoms with Crippen molar-refractivity contribution in [3.63, 3.8) is 0 Å². The normalized spacial score (nSPS) is 10.2. The lowest BCUT2D eigenvalue weighted by atomic mass is 10.2. The number of nitro benzene ring substituents is 1. The maximum atomic E-state index is 11.9. The molecule has 0 radical (unpaired) electrons. The largest absolute Gasteiger partial charge is 0.434 e. The fourth-order valence-electron chi connectivity index (χ4n) is 1.01. The van der Waals surface area contributed by atoms with Crippen LogP contribution in [0, 0.1) is 10.1 Å². The van der Waals surface area contributed by atoms with Crippen molar-refractivity contribution in [2.24, 2.45) is 0 Å². The van der Waals surface area contributed by atoms with Gasteiger partial charge in [0.25, 0.3) is 5.69 Å². The van der Waals surface area contributed by atoms with Gasteiger partial charge in [-0.2, -0.15) is 8.78 Å². The highest BCUT2D eigenvalue weighted by molar-refractivity contribution is 6.35. The number of halogens is 3. The van der Waals surface area contributed by atoms with Gasteiger partial charge in [0.2, 0.25) is 0 Å². The minimum Gasteiger partial charge on any atom is -0.434 e. The summed E-state index contributed by atoms with van der Waals surface area (Å²) in [6.45, 7) is -3.14. The summed E-state index contributed by atoms with van der Waals surface area (Å²) in [4.78, 5) is 20.2. The van der Waals surface area contributed by atoms with E-state index in [2.05, 4.69) is 4.74 Å². The molecule has 0 spiro atoms. The first kappa shape index (κ1) is 12.3. The number of carbonyl (C=O) groups is 1.